The smallest absolute Gasteiger partial charge is 0.200 e. The lowest BCUT2D eigenvalue weighted by molar-refractivity contribution is -0.0209. The number of methoxy groups -OCH3 is 1. The summed E-state index contributed by atoms with van der Waals surface area (Å²) >= 11 is 0. The minimum Gasteiger partial charge on any atom is -0.504 e. The van der Waals surface area contributed by atoms with Crippen LogP contribution < -0.4 is 4.74 Å². The van der Waals surface area contributed by atoms with Gasteiger partial charge in [-0.15, -0.1) is 0 Å². The predicted molar refractivity (Wildman–Crippen MR) is 84.9 cm³/mol. The number of phenols is 2. The predicted octanol–water partition coefficient (Wildman–Crippen LogP) is 2.69. The van der Waals surface area contributed by atoms with E-state index in [0.29, 0.717) is 24.6 Å². The van der Waals surface area contributed by atoms with E-state index in [-0.39, 0.29) is 23.3 Å². The zero-order valence-electron chi connectivity index (χ0n) is 12.6. The SMILES string of the molecule is COc1cc(-c2nc3ccccc3n2C2COC2)cc(O)c1O. The zero-order valence-corrected chi connectivity index (χ0v) is 12.6. The molecule has 1 aliphatic rings. The van der Waals surface area contributed by atoms with Gasteiger partial charge in [-0.1, -0.05) is 12.1 Å². The number of imidazole rings is 1. The number of hydrogen-bond acceptors (Lipinski definition) is 5. The highest BCUT2D eigenvalue weighted by Gasteiger charge is 2.26. The molecule has 6 heteroatoms. The van der Waals surface area contributed by atoms with Gasteiger partial charge < -0.3 is 24.3 Å². The number of benzene rings is 2. The van der Waals surface area contributed by atoms with Gasteiger partial charge in [-0.05, 0) is 24.3 Å². The van der Waals surface area contributed by atoms with E-state index in [4.69, 9.17) is 14.5 Å². The van der Waals surface area contributed by atoms with E-state index in [2.05, 4.69) is 4.57 Å². The van der Waals surface area contributed by atoms with Crippen LogP contribution >= 0.6 is 0 Å². The van der Waals surface area contributed by atoms with Crippen LogP contribution in [0.4, 0.5) is 0 Å². The molecule has 1 saturated heterocycles. The van der Waals surface area contributed by atoms with Gasteiger partial charge in [-0.2, -0.15) is 0 Å². The van der Waals surface area contributed by atoms with Gasteiger partial charge in [-0.25, -0.2) is 4.98 Å². The molecular weight excluding hydrogens is 296 g/mol. The van der Waals surface area contributed by atoms with Crippen molar-refractivity contribution >= 4 is 11.0 Å². The molecule has 2 N–H and O–H groups in total. The van der Waals surface area contributed by atoms with Gasteiger partial charge in [-0.3, -0.25) is 0 Å². The minimum atomic E-state index is -0.272. The van der Waals surface area contributed by atoms with Crippen molar-refractivity contribution in [3.05, 3.63) is 36.4 Å². The fourth-order valence-corrected chi connectivity index (χ4v) is 2.87. The van der Waals surface area contributed by atoms with Gasteiger partial charge in [0.05, 0.1) is 37.4 Å². The van der Waals surface area contributed by atoms with Gasteiger partial charge >= 0.3 is 0 Å². The molecule has 23 heavy (non-hydrogen) atoms. The second-order valence-electron chi connectivity index (χ2n) is 5.53. The first kappa shape index (κ1) is 13.9. The van der Waals surface area contributed by atoms with E-state index in [1.54, 1.807) is 6.07 Å². The summed E-state index contributed by atoms with van der Waals surface area (Å²) in [5, 5.41) is 19.8. The lowest BCUT2D eigenvalue weighted by Gasteiger charge is -2.29. The highest BCUT2D eigenvalue weighted by atomic mass is 16.5. The van der Waals surface area contributed by atoms with Crippen molar-refractivity contribution in [2.75, 3.05) is 20.3 Å². The molecule has 0 saturated carbocycles. The van der Waals surface area contributed by atoms with E-state index in [1.807, 2.05) is 24.3 Å². The average molecular weight is 312 g/mol. The van der Waals surface area contributed by atoms with Crippen LogP contribution in [0.25, 0.3) is 22.4 Å². The van der Waals surface area contributed by atoms with Gasteiger partial charge in [0.25, 0.3) is 0 Å². The van der Waals surface area contributed by atoms with E-state index < -0.39 is 0 Å². The Bertz CT molecular complexity index is 884. The van der Waals surface area contributed by atoms with Crippen molar-refractivity contribution in [2.45, 2.75) is 6.04 Å². The summed E-state index contributed by atoms with van der Waals surface area (Å²) in [7, 11) is 1.45. The van der Waals surface area contributed by atoms with E-state index in [1.165, 1.54) is 13.2 Å². The molecule has 2 heterocycles. The number of phenolic OH excluding ortho intramolecular Hbond substituents is 2. The van der Waals surface area contributed by atoms with Gasteiger partial charge in [0.1, 0.15) is 5.82 Å². The van der Waals surface area contributed by atoms with Gasteiger partial charge in [0.15, 0.2) is 11.5 Å². The van der Waals surface area contributed by atoms with Crippen LogP contribution in [0.2, 0.25) is 0 Å². The molecule has 0 aliphatic carbocycles. The monoisotopic (exact) mass is 312 g/mol. The Balaban J connectivity index is 1.96. The van der Waals surface area contributed by atoms with Gasteiger partial charge in [0.2, 0.25) is 5.75 Å². The van der Waals surface area contributed by atoms with Crippen LogP contribution in [0.1, 0.15) is 6.04 Å². The number of hydrogen-bond donors (Lipinski definition) is 2. The molecule has 0 radical (unpaired) electrons. The molecule has 1 aromatic heterocycles. The van der Waals surface area contributed by atoms with Crippen molar-refractivity contribution < 1.29 is 19.7 Å². The first-order chi connectivity index (χ1) is 11.2. The number of aromatic hydroxyl groups is 2. The van der Waals surface area contributed by atoms with Crippen LogP contribution in [0, 0.1) is 0 Å². The second kappa shape index (κ2) is 5.17. The Morgan fingerprint density at radius 3 is 2.70 bits per heavy atom. The molecule has 0 bridgehead atoms. The zero-order chi connectivity index (χ0) is 16.0. The topological polar surface area (TPSA) is 76.7 Å². The summed E-state index contributed by atoms with van der Waals surface area (Å²) < 4.78 is 12.6. The molecule has 3 aromatic rings. The van der Waals surface area contributed by atoms with Crippen molar-refractivity contribution in [3.63, 3.8) is 0 Å². The van der Waals surface area contributed by atoms with E-state index in [0.717, 1.165) is 11.0 Å². The Hall–Kier alpha value is -2.73. The molecule has 4 rings (SSSR count). The van der Waals surface area contributed by atoms with Crippen LogP contribution in [-0.4, -0.2) is 40.1 Å². The first-order valence-electron chi connectivity index (χ1n) is 7.34. The standard InChI is InChI=1S/C17H16N2O4/c1-22-15-7-10(6-14(20)16(15)21)17-18-12-4-2-3-5-13(12)19(17)11-8-23-9-11/h2-7,11,20-21H,8-9H2,1H3. The molecule has 0 atom stereocenters. The molecule has 1 aliphatic heterocycles. The fourth-order valence-electron chi connectivity index (χ4n) is 2.87. The number of nitrogens with zero attached hydrogens (tertiary/aromatic N) is 2. The second-order valence-corrected chi connectivity index (χ2v) is 5.53. The molecule has 118 valence electrons. The summed E-state index contributed by atoms with van der Waals surface area (Å²) in [6, 6.07) is 11.3. The van der Waals surface area contributed by atoms with Crippen molar-refractivity contribution in [2.24, 2.45) is 0 Å². The number of aromatic nitrogens is 2. The van der Waals surface area contributed by atoms with Crippen LogP contribution in [-0.2, 0) is 4.74 Å². The van der Waals surface area contributed by atoms with E-state index >= 15 is 0 Å². The Morgan fingerprint density at radius 2 is 2.00 bits per heavy atom. The van der Waals surface area contributed by atoms with Crippen LogP contribution in [0.5, 0.6) is 17.2 Å². The maximum absolute atomic E-state index is 9.96. The normalized spacial score (nSPS) is 14.8. The van der Waals surface area contributed by atoms with Gasteiger partial charge in [0, 0.05) is 5.56 Å². The van der Waals surface area contributed by atoms with Crippen molar-refractivity contribution in [1.29, 1.82) is 0 Å². The Labute approximate surface area is 132 Å². The van der Waals surface area contributed by atoms with Crippen molar-refractivity contribution in [1.82, 2.24) is 9.55 Å². The summed E-state index contributed by atoms with van der Waals surface area (Å²) in [5.41, 5.74) is 2.57. The maximum Gasteiger partial charge on any atom is 0.200 e. The number of fused-ring (bicyclic) bond motifs is 1. The maximum atomic E-state index is 9.96. The number of ether oxygens (including phenoxy) is 2. The van der Waals surface area contributed by atoms with Crippen LogP contribution in [0.15, 0.2) is 36.4 Å². The van der Waals surface area contributed by atoms with Crippen molar-refractivity contribution in [3.8, 4) is 28.6 Å². The van der Waals surface area contributed by atoms with E-state index in [9.17, 15) is 10.2 Å². The Morgan fingerprint density at radius 1 is 1.22 bits per heavy atom. The number of rotatable bonds is 3. The summed E-state index contributed by atoms with van der Waals surface area (Å²) in [4.78, 5) is 4.69. The minimum absolute atomic E-state index is 0.208. The lowest BCUT2D eigenvalue weighted by atomic mass is 10.1. The largest absolute Gasteiger partial charge is 0.504 e. The third-order valence-electron chi connectivity index (χ3n) is 4.11. The molecule has 1 fully saturated rings. The quantitative estimate of drug-likeness (QED) is 0.727. The molecule has 6 nitrogen and oxygen atoms in total. The Kier molecular flexibility index (Phi) is 3.12. The molecule has 2 aromatic carbocycles. The third kappa shape index (κ3) is 2.10. The molecular formula is C17H16N2O4. The molecule has 0 unspecified atom stereocenters. The summed E-state index contributed by atoms with van der Waals surface area (Å²) in [6.45, 7) is 1.27. The summed E-state index contributed by atoms with van der Waals surface area (Å²) in [5.74, 6) is 0.422. The highest BCUT2D eigenvalue weighted by molar-refractivity contribution is 5.82. The summed E-state index contributed by atoms with van der Waals surface area (Å²) in [6.07, 6.45) is 0. The first-order valence-corrected chi connectivity index (χ1v) is 7.34. The lowest BCUT2D eigenvalue weighted by Crippen LogP contribution is -2.31. The fraction of sp³-hybridized carbons (Fsp3) is 0.235. The number of para-hydroxylation sites is 2. The highest BCUT2D eigenvalue weighted by Crippen LogP contribution is 2.41. The third-order valence-corrected chi connectivity index (χ3v) is 4.11. The average Bonchev–Trinajstić information content (AvgIpc) is 2.88. The molecule has 0 amide bonds. The van der Waals surface area contributed by atoms with Crippen LogP contribution in [0.3, 0.4) is 0 Å². The molecule has 0 spiro atoms.